The van der Waals surface area contributed by atoms with Gasteiger partial charge in [-0.05, 0) is 55.4 Å². The van der Waals surface area contributed by atoms with E-state index in [1.165, 1.54) is 0 Å². The summed E-state index contributed by atoms with van der Waals surface area (Å²) in [6.07, 6.45) is 9.50. The van der Waals surface area contributed by atoms with E-state index >= 15 is 0 Å². The molecule has 1 aliphatic carbocycles. The van der Waals surface area contributed by atoms with Gasteiger partial charge < -0.3 is 10.2 Å². The zero-order valence-electron chi connectivity index (χ0n) is 14.8. The summed E-state index contributed by atoms with van der Waals surface area (Å²) in [6, 6.07) is 5.54. The molecule has 2 amide bonds. The lowest BCUT2D eigenvalue weighted by Crippen LogP contribution is -2.41. The summed E-state index contributed by atoms with van der Waals surface area (Å²) in [5.41, 5.74) is 2.44. The fourth-order valence-electron chi connectivity index (χ4n) is 3.86. The molecule has 1 saturated carbocycles. The lowest BCUT2D eigenvalue weighted by Gasteiger charge is -2.33. The predicted octanol–water partition coefficient (Wildman–Crippen LogP) is 2.21. The molecule has 0 radical (unpaired) electrons. The molecule has 2 aliphatic rings. The van der Waals surface area contributed by atoms with Crippen LogP contribution < -0.4 is 5.32 Å². The van der Waals surface area contributed by atoms with Crippen molar-refractivity contribution in [3.63, 3.8) is 0 Å². The van der Waals surface area contributed by atoms with Crippen molar-refractivity contribution >= 4 is 11.8 Å². The largest absolute Gasteiger partial charge is 0.349 e. The van der Waals surface area contributed by atoms with E-state index in [1.54, 1.807) is 36.9 Å². The number of piperidine rings is 1. The predicted molar refractivity (Wildman–Crippen MR) is 96.7 cm³/mol. The maximum atomic E-state index is 12.6. The summed E-state index contributed by atoms with van der Waals surface area (Å²) < 4.78 is 0. The van der Waals surface area contributed by atoms with Crippen molar-refractivity contribution < 1.29 is 9.59 Å². The standard InChI is InChI=1S/C20H22N4O2/c1-14-10-16(13-22-12-14)19(26)24-8-4-20(5-9-24)11-17(20)23-18(25)15-2-6-21-7-3-15/h2-3,6-7,10,12-13,17H,4-5,8-9,11H2,1H3,(H,23,25). The molecule has 2 fully saturated rings. The number of likely N-dealkylation sites (tertiary alicyclic amines) is 1. The number of pyridine rings is 2. The van der Waals surface area contributed by atoms with Crippen molar-refractivity contribution in [3.05, 3.63) is 59.7 Å². The first-order valence-corrected chi connectivity index (χ1v) is 8.99. The number of carbonyl (C=O) groups is 2. The van der Waals surface area contributed by atoms with Gasteiger partial charge in [-0.15, -0.1) is 0 Å². The molecule has 134 valence electrons. The molecule has 26 heavy (non-hydrogen) atoms. The molecule has 6 heteroatoms. The minimum Gasteiger partial charge on any atom is -0.349 e. The van der Waals surface area contributed by atoms with Crippen LogP contribution in [0.15, 0.2) is 43.0 Å². The van der Waals surface area contributed by atoms with Crippen LogP contribution >= 0.6 is 0 Å². The van der Waals surface area contributed by atoms with Crippen LogP contribution in [0.3, 0.4) is 0 Å². The summed E-state index contributed by atoms with van der Waals surface area (Å²) >= 11 is 0. The Balaban J connectivity index is 1.33. The second-order valence-corrected chi connectivity index (χ2v) is 7.37. The fraction of sp³-hybridized carbons (Fsp3) is 0.400. The highest BCUT2D eigenvalue weighted by molar-refractivity contribution is 5.95. The van der Waals surface area contributed by atoms with Crippen LogP contribution in [0.5, 0.6) is 0 Å². The maximum absolute atomic E-state index is 12.6. The fourth-order valence-corrected chi connectivity index (χ4v) is 3.86. The molecule has 1 spiro atoms. The quantitative estimate of drug-likeness (QED) is 0.921. The monoisotopic (exact) mass is 350 g/mol. The van der Waals surface area contributed by atoms with Gasteiger partial charge in [0.15, 0.2) is 0 Å². The summed E-state index contributed by atoms with van der Waals surface area (Å²) in [7, 11) is 0. The van der Waals surface area contributed by atoms with Crippen LogP contribution in [-0.2, 0) is 0 Å². The van der Waals surface area contributed by atoms with Crippen molar-refractivity contribution in [1.82, 2.24) is 20.2 Å². The van der Waals surface area contributed by atoms with Gasteiger partial charge in [0, 0.05) is 49.5 Å². The van der Waals surface area contributed by atoms with Crippen molar-refractivity contribution in [1.29, 1.82) is 0 Å². The SMILES string of the molecule is Cc1cncc(C(=O)N2CCC3(CC2)CC3NC(=O)c2ccncc2)c1. The lowest BCUT2D eigenvalue weighted by molar-refractivity contribution is 0.0667. The second kappa shape index (κ2) is 6.52. The zero-order chi connectivity index (χ0) is 18.1. The Morgan fingerprint density at radius 3 is 2.54 bits per heavy atom. The van der Waals surface area contributed by atoms with Gasteiger partial charge in [-0.25, -0.2) is 0 Å². The Bertz CT molecular complexity index is 829. The molecule has 2 aromatic rings. The third kappa shape index (κ3) is 3.19. The van der Waals surface area contributed by atoms with Gasteiger partial charge in [0.2, 0.25) is 0 Å². The van der Waals surface area contributed by atoms with Gasteiger partial charge in [0.25, 0.3) is 11.8 Å². The van der Waals surface area contributed by atoms with Gasteiger partial charge in [0.1, 0.15) is 0 Å². The number of nitrogens with one attached hydrogen (secondary N) is 1. The molecule has 6 nitrogen and oxygen atoms in total. The number of aryl methyl sites for hydroxylation is 1. The molecule has 2 aromatic heterocycles. The number of hydrogen-bond donors (Lipinski definition) is 1. The Labute approximate surface area is 152 Å². The molecule has 3 heterocycles. The summed E-state index contributed by atoms with van der Waals surface area (Å²) in [5, 5.41) is 3.13. The van der Waals surface area contributed by atoms with Crippen LogP contribution in [0.4, 0.5) is 0 Å². The second-order valence-electron chi connectivity index (χ2n) is 7.37. The number of hydrogen-bond acceptors (Lipinski definition) is 4. The summed E-state index contributed by atoms with van der Waals surface area (Å²) in [6.45, 7) is 3.40. The van der Waals surface area contributed by atoms with Crippen molar-refractivity contribution in [2.75, 3.05) is 13.1 Å². The van der Waals surface area contributed by atoms with Crippen LogP contribution in [0.2, 0.25) is 0 Å². The Morgan fingerprint density at radius 1 is 1.12 bits per heavy atom. The van der Waals surface area contributed by atoms with Crippen LogP contribution in [0.1, 0.15) is 45.5 Å². The van der Waals surface area contributed by atoms with E-state index in [0.717, 1.165) is 37.9 Å². The van der Waals surface area contributed by atoms with Gasteiger partial charge in [0.05, 0.1) is 5.56 Å². The van der Waals surface area contributed by atoms with E-state index in [1.807, 2.05) is 17.9 Å². The first kappa shape index (κ1) is 16.7. The molecule has 4 rings (SSSR count). The number of amides is 2. The van der Waals surface area contributed by atoms with Crippen LogP contribution in [0.25, 0.3) is 0 Å². The minimum absolute atomic E-state index is 0.0429. The smallest absolute Gasteiger partial charge is 0.255 e. The Morgan fingerprint density at radius 2 is 1.85 bits per heavy atom. The third-order valence-electron chi connectivity index (χ3n) is 5.61. The van der Waals surface area contributed by atoms with Gasteiger partial charge in [-0.1, -0.05) is 0 Å². The molecule has 1 saturated heterocycles. The topological polar surface area (TPSA) is 75.2 Å². The normalized spacial score (nSPS) is 20.7. The van der Waals surface area contributed by atoms with Crippen molar-refractivity contribution in [3.8, 4) is 0 Å². The third-order valence-corrected chi connectivity index (χ3v) is 5.61. The average molecular weight is 350 g/mol. The maximum Gasteiger partial charge on any atom is 0.255 e. The highest BCUT2D eigenvalue weighted by Crippen LogP contribution is 2.54. The van der Waals surface area contributed by atoms with E-state index in [2.05, 4.69) is 15.3 Å². The molecule has 1 unspecified atom stereocenters. The first-order valence-electron chi connectivity index (χ1n) is 8.99. The zero-order valence-corrected chi connectivity index (χ0v) is 14.8. The Kier molecular flexibility index (Phi) is 4.18. The molecule has 0 bridgehead atoms. The van der Waals surface area contributed by atoms with E-state index in [-0.39, 0.29) is 23.3 Å². The summed E-state index contributed by atoms with van der Waals surface area (Å²) in [5.74, 6) is 0.00712. The van der Waals surface area contributed by atoms with Gasteiger partial charge >= 0.3 is 0 Å². The van der Waals surface area contributed by atoms with Crippen molar-refractivity contribution in [2.45, 2.75) is 32.2 Å². The molecule has 1 atom stereocenters. The van der Waals surface area contributed by atoms with Crippen LogP contribution in [0, 0.1) is 12.3 Å². The number of rotatable bonds is 3. The lowest BCUT2D eigenvalue weighted by atomic mass is 9.92. The molecular formula is C20H22N4O2. The minimum atomic E-state index is -0.0429. The number of nitrogens with zero attached hydrogens (tertiary/aromatic N) is 3. The molecule has 1 aliphatic heterocycles. The van der Waals surface area contributed by atoms with Gasteiger partial charge in [-0.2, -0.15) is 0 Å². The van der Waals surface area contributed by atoms with Crippen LogP contribution in [-0.4, -0.2) is 45.8 Å². The Hall–Kier alpha value is -2.76. The molecule has 1 N–H and O–H groups in total. The van der Waals surface area contributed by atoms with E-state index in [0.29, 0.717) is 11.1 Å². The number of carbonyl (C=O) groups excluding carboxylic acids is 2. The van der Waals surface area contributed by atoms with Crippen molar-refractivity contribution in [2.24, 2.45) is 5.41 Å². The van der Waals surface area contributed by atoms with E-state index in [4.69, 9.17) is 0 Å². The first-order chi connectivity index (χ1) is 12.6. The summed E-state index contributed by atoms with van der Waals surface area (Å²) in [4.78, 5) is 34.9. The molecule has 0 aromatic carbocycles. The average Bonchev–Trinajstić information content (AvgIpc) is 3.33. The number of aromatic nitrogens is 2. The highest BCUT2D eigenvalue weighted by Gasteiger charge is 2.55. The molecular weight excluding hydrogens is 328 g/mol. The van der Waals surface area contributed by atoms with E-state index < -0.39 is 0 Å². The van der Waals surface area contributed by atoms with E-state index in [9.17, 15) is 9.59 Å². The van der Waals surface area contributed by atoms with Gasteiger partial charge in [-0.3, -0.25) is 19.6 Å². The highest BCUT2D eigenvalue weighted by atomic mass is 16.2.